The van der Waals surface area contributed by atoms with Gasteiger partial charge in [-0.05, 0) is 101 Å². The molecular formula is C24H33N5O4S. The lowest BCUT2D eigenvalue weighted by molar-refractivity contribution is 0.439. The van der Waals surface area contributed by atoms with Crippen LogP contribution >= 0.6 is 12.2 Å². The molecule has 10 heteroatoms. The summed E-state index contributed by atoms with van der Waals surface area (Å²) in [6.07, 6.45) is 5.69. The Bertz CT molecular complexity index is 1100. The molecule has 0 aliphatic carbocycles. The summed E-state index contributed by atoms with van der Waals surface area (Å²) in [6.45, 7) is 5.39. The zero-order valence-corrected chi connectivity index (χ0v) is 20.0. The van der Waals surface area contributed by atoms with Crippen molar-refractivity contribution in [3.63, 3.8) is 0 Å². The lowest BCUT2D eigenvalue weighted by atomic mass is 10.1. The van der Waals surface area contributed by atoms with Gasteiger partial charge in [-0.2, -0.15) is 0 Å². The molecule has 0 unspecified atom stereocenters. The molecule has 184 valence electrons. The number of unbranched alkanes of at least 4 members (excludes halogenated alkanes) is 1. The number of benzene rings is 1. The maximum absolute atomic E-state index is 12.6. The van der Waals surface area contributed by atoms with Crippen LogP contribution in [0.15, 0.2) is 50.2 Å². The molecule has 0 fully saturated rings. The molecule has 0 bridgehead atoms. The van der Waals surface area contributed by atoms with Crippen molar-refractivity contribution < 1.29 is 13.9 Å². The Kier molecular flexibility index (Phi) is 10.4. The number of aromatic hydroxyl groups is 1. The molecule has 3 aromatic rings. The van der Waals surface area contributed by atoms with Gasteiger partial charge in [0.1, 0.15) is 5.58 Å². The van der Waals surface area contributed by atoms with Crippen LogP contribution in [-0.2, 0) is 0 Å². The highest BCUT2D eigenvalue weighted by atomic mass is 32.1. The van der Waals surface area contributed by atoms with Crippen molar-refractivity contribution in [2.45, 2.75) is 25.7 Å². The molecule has 0 saturated heterocycles. The summed E-state index contributed by atoms with van der Waals surface area (Å²) in [5.41, 5.74) is 5.90. The van der Waals surface area contributed by atoms with E-state index in [1.165, 1.54) is 6.26 Å². The molecule has 1 aromatic carbocycles. The standard InChI is InChI=1S/C24H33N5O4S/c25-9-4-12-26-10-1-2-11-27-13-5-14-28-24(34)29-17-7-8-19-18(16-17)21(30)22(31)23(33-19)20-6-3-15-32-20/h3,6-8,15-16,26-27,31H,1-2,4-5,9-14,25H2,(H2,28,29,34). The van der Waals surface area contributed by atoms with E-state index in [-0.39, 0.29) is 16.9 Å². The van der Waals surface area contributed by atoms with Crippen LogP contribution in [0.4, 0.5) is 5.69 Å². The second kappa shape index (κ2) is 13.7. The summed E-state index contributed by atoms with van der Waals surface area (Å²) in [7, 11) is 0. The minimum absolute atomic E-state index is 0.00758. The summed E-state index contributed by atoms with van der Waals surface area (Å²) >= 11 is 5.35. The summed E-state index contributed by atoms with van der Waals surface area (Å²) in [5, 5.41) is 24.0. The number of fused-ring (bicyclic) bond motifs is 1. The summed E-state index contributed by atoms with van der Waals surface area (Å²) in [6, 6.07) is 8.29. The Morgan fingerprint density at radius 3 is 2.44 bits per heavy atom. The number of thiocarbonyl (C=S) groups is 1. The fourth-order valence-corrected chi connectivity index (χ4v) is 3.63. The van der Waals surface area contributed by atoms with Crippen LogP contribution in [0.3, 0.4) is 0 Å². The average Bonchev–Trinajstić information content (AvgIpc) is 3.37. The van der Waals surface area contributed by atoms with E-state index in [1.54, 1.807) is 30.3 Å². The molecule has 0 atom stereocenters. The number of nitrogens with one attached hydrogen (secondary N) is 4. The number of nitrogens with two attached hydrogens (primary N) is 1. The Morgan fingerprint density at radius 2 is 1.74 bits per heavy atom. The van der Waals surface area contributed by atoms with Gasteiger partial charge in [-0.25, -0.2) is 0 Å². The number of furan rings is 1. The molecule has 3 rings (SSSR count). The van der Waals surface area contributed by atoms with Crippen molar-refractivity contribution in [2.75, 3.05) is 44.6 Å². The lowest BCUT2D eigenvalue weighted by Crippen LogP contribution is -2.31. The second-order valence-corrected chi connectivity index (χ2v) is 8.29. The SMILES string of the molecule is NCCCNCCCCNCCCNC(=S)Nc1ccc2oc(-c3ccco3)c(O)c(=O)c2c1. The second-order valence-electron chi connectivity index (χ2n) is 7.88. The first-order valence-electron chi connectivity index (χ1n) is 11.6. The topological polar surface area (TPSA) is 138 Å². The maximum Gasteiger partial charge on any atom is 0.235 e. The van der Waals surface area contributed by atoms with Gasteiger partial charge < -0.3 is 40.9 Å². The van der Waals surface area contributed by atoms with E-state index in [0.29, 0.717) is 16.4 Å². The quantitative estimate of drug-likeness (QED) is 0.149. The van der Waals surface area contributed by atoms with Crippen LogP contribution in [0.1, 0.15) is 25.7 Å². The monoisotopic (exact) mass is 487 g/mol. The number of anilines is 1. The Morgan fingerprint density at radius 1 is 1.00 bits per heavy atom. The van der Waals surface area contributed by atoms with Gasteiger partial charge in [0.2, 0.25) is 16.9 Å². The first-order valence-corrected chi connectivity index (χ1v) is 12.0. The van der Waals surface area contributed by atoms with E-state index in [4.69, 9.17) is 26.8 Å². The summed E-state index contributed by atoms with van der Waals surface area (Å²) < 4.78 is 10.9. The summed E-state index contributed by atoms with van der Waals surface area (Å²) in [4.78, 5) is 12.6. The molecule has 34 heavy (non-hydrogen) atoms. The third-order valence-corrected chi connectivity index (χ3v) is 5.45. The molecule has 0 amide bonds. The van der Waals surface area contributed by atoms with Crippen molar-refractivity contribution in [3.05, 3.63) is 46.8 Å². The molecule has 2 heterocycles. The van der Waals surface area contributed by atoms with E-state index >= 15 is 0 Å². The van der Waals surface area contributed by atoms with Crippen LogP contribution in [0, 0.1) is 0 Å². The van der Waals surface area contributed by atoms with E-state index in [0.717, 1.165) is 65.0 Å². The van der Waals surface area contributed by atoms with Crippen molar-refractivity contribution in [2.24, 2.45) is 5.73 Å². The minimum Gasteiger partial charge on any atom is -0.501 e. The lowest BCUT2D eigenvalue weighted by Gasteiger charge is -2.12. The molecule has 2 aromatic heterocycles. The highest BCUT2D eigenvalue weighted by Crippen LogP contribution is 2.30. The molecule has 0 aliphatic heterocycles. The van der Waals surface area contributed by atoms with Gasteiger partial charge in [-0.3, -0.25) is 4.79 Å². The first-order chi connectivity index (χ1) is 16.6. The molecular weight excluding hydrogens is 454 g/mol. The van der Waals surface area contributed by atoms with Crippen LogP contribution in [0.25, 0.3) is 22.5 Å². The minimum atomic E-state index is -0.535. The van der Waals surface area contributed by atoms with Gasteiger partial charge in [-0.1, -0.05) is 0 Å². The third kappa shape index (κ3) is 7.56. The first kappa shape index (κ1) is 25.7. The highest BCUT2D eigenvalue weighted by Gasteiger charge is 2.17. The summed E-state index contributed by atoms with van der Waals surface area (Å²) in [5.74, 6) is -0.197. The van der Waals surface area contributed by atoms with Gasteiger partial charge in [0.25, 0.3) is 0 Å². The molecule has 0 saturated carbocycles. The smallest absolute Gasteiger partial charge is 0.235 e. The fraction of sp³-hybridized carbons (Fsp3) is 0.417. The highest BCUT2D eigenvalue weighted by molar-refractivity contribution is 7.80. The van der Waals surface area contributed by atoms with Crippen LogP contribution in [0.2, 0.25) is 0 Å². The zero-order valence-electron chi connectivity index (χ0n) is 19.2. The molecule has 0 radical (unpaired) electrons. The van der Waals surface area contributed by atoms with Crippen LogP contribution in [-0.4, -0.2) is 49.5 Å². The van der Waals surface area contributed by atoms with Gasteiger partial charge in [0.05, 0.1) is 11.6 Å². The third-order valence-electron chi connectivity index (χ3n) is 5.20. The average molecular weight is 488 g/mol. The largest absolute Gasteiger partial charge is 0.501 e. The van der Waals surface area contributed by atoms with E-state index in [1.807, 2.05) is 0 Å². The Balaban J connectivity index is 1.38. The molecule has 9 nitrogen and oxygen atoms in total. The number of hydrogen-bond acceptors (Lipinski definition) is 8. The van der Waals surface area contributed by atoms with Gasteiger partial charge in [-0.15, -0.1) is 0 Å². The normalized spacial score (nSPS) is 11.1. The van der Waals surface area contributed by atoms with E-state index < -0.39 is 11.2 Å². The molecule has 0 aliphatic rings. The fourth-order valence-electron chi connectivity index (χ4n) is 3.41. The van der Waals surface area contributed by atoms with Crippen molar-refractivity contribution in [1.29, 1.82) is 0 Å². The van der Waals surface area contributed by atoms with Gasteiger partial charge in [0.15, 0.2) is 10.9 Å². The predicted octanol–water partition coefficient (Wildman–Crippen LogP) is 2.74. The van der Waals surface area contributed by atoms with Gasteiger partial charge >= 0.3 is 0 Å². The number of hydrogen-bond donors (Lipinski definition) is 6. The molecule has 7 N–H and O–H groups in total. The van der Waals surface area contributed by atoms with Gasteiger partial charge in [0, 0.05) is 12.2 Å². The van der Waals surface area contributed by atoms with Crippen molar-refractivity contribution in [3.8, 4) is 17.3 Å². The van der Waals surface area contributed by atoms with E-state index in [2.05, 4.69) is 21.3 Å². The maximum atomic E-state index is 12.6. The number of rotatable bonds is 14. The Hall–Kier alpha value is -2.92. The Labute approximate surface area is 204 Å². The van der Waals surface area contributed by atoms with E-state index in [9.17, 15) is 9.90 Å². The molecule has 0 spiro atoms. The van der Waals surface area contributed by atoms with Crippen molar-refractivity contribution in [1.82, 2.24) is 16.0 Å². The van der Waals surface area contributed by atoms with Crippen LogP contribution in [0.5, 0.6) is 5.75 Å². The predicted molar refractivity (Wildman–Crippen MR) is 139 cm³/mol. The van der Waals surface area contributed by atoms with Crippen molar-refractivity contribution >= 4 is 34.0 Å². The van der Waals surface area contributed by atoms with Crippen LogP contribution < -0.4 is 32.4 Å². The zero-order chi connectivity index (χ0) is 24.2.